The summed E-state index contributed by atoms with van der Waals surface area (Å²) in [5.41, 5.74) is 0. The monoisotopic (exact) mass is 213 g/mol. The zero-order valence-electron chi connectivity index (χ0n) is 7.74. The molecular weight excluding hydrogens is 202 g/mol. The molecule has 0 spiro atoms. The lowest BCUT2D eigenvalue weighted by Crippen LogP contribution is -2.24. The number of aromatic nitrogens is 2. The van der Waals surface area contributed by atoms with Crippen LogP contribution in [0.2, 0.25) is 0 Å². The Hall–Kier alpha value is -1.32. The lowest BCUT2D eigenvalue weighted by molar-refractivity contribution is 0.578. The molecule has 0 saturated heterocycles. The average Bonchev–Trinajstić information content (AvgIpc) is 2.65. The van der Waals surface area contributed by atoms with Gasteiger partial charge in [-0.25, -0.2) is 13.1 Å². The van der Waals surface area contributed by atoms with E-state index in [1.165, 1.54) is 12.3 Å². The van der Waals surface area contributed by atoms with Gasteiger partial charge in [0, 0.05) is 13.0 Å². The molecule has 76 valence electrons. The molecule has 1 aromatic rings. The van der Waals surface area contributed by atoms with E-state index >= 15 is 0 Å². The molecule has 14 heavy (non-hydrogen) atoms. The quantitative estimate of drug-likeness (QED) is 0.550. The minimum atomic E-state index is -3.43. The third kappa shape index (κ3) is 2.87. The van der Waals surface area contributed by atoms with E-state index in [4.69, 9.17) is 0 Å². The fourth-order valence-electron chi connectivity index (χ4n) is 0.843. The van der Waals surface area contributed by atoms with E-state index in [-0.39, 0.29) is 5.03 Å². The van der Waals surface area contributed by atoms with Gasteiger partial charge in [-0.1, -0.05) is 0 Å². The van der Waals surface area contributed by atoms with Gasteiger partial charge in [-0.05, 0) is 13.0 Å². The van der Waals surface area contributed by atoms with Crippen LogP contribution in [0.25, 0.3) is 0 Å². The Morgan fingerprint density at radius 3 is 3.00 bits per heavy atom. The van der Waals surface area contributed by atoms with Gasteiger partial charge in [0.2, 0.25) is 0 Å². The summed E-state index contributed by atoms with van der Waals surface area (Å²) in [6.07, 6.45) is 1.89. The molecule has 0 unspecified atom stereocenters. The fraction of sp³-hybridized carbons (Fsp3) is 0.375. The summed E-state index contributed by atoms with van der Waals surface area (Å²) >= 11 is 0. The van der Waals surface area contributed by atoms with Crippen LogP contribution in [0.5, 0.6) is 0 Å². The normalized spacial score (nSPS) is 10.6. The molecule has 0 atom stereocenters. The molecule has 0 aliphatic rings. The smallest absolute Gasteiger partial charge is 0.257 e. The first-order valence-corrected chi connectivity index (χ1v) is 5.54. The molecule has 0 aliphatic heterocycles. The maximum Gasteiger partial charge on any atom is 0.257 e. The van der Waals surface area contributed by atoms with E-state index < -0.39 is 10.0 Å². The van der Waals surface area contributed by atoms with Gasteiger partial charge in [0.1, 0.15) is 0 Å². The highest BCUT2D eigenvalue weighted by Gasteiger charge is 2.13. The third-order valence-corrected chi connectivity index (χ3v) is 2.87. The van der Waals surface area contributed by atoms with Crippen molar-refractivity contribution in [2.24, 2.45) is 0 Å². The highest BCUT2D eigenvalue weighted by Crippen LogP contribution is 2.01. The standard InChI is InChI=1S/C8H11N3O2S/c1-2-3-4-6-10-14(12,13)8-5-7-9-11-8/h5,7,10H,4,6H2,1H3,(H,9,11). The summed E-state index contributed by atoms with van der Waals surface area (Å²) in [6.45, 7) is 2.02. The first-order valence-electron chi connectivity index (χ1n) is 4.05. The highest BCUT2D eigenvalue weighted by molar-refractivity contribution is 7.89. The Balaban J connectivity index is 2.55. The third-order valence-electron chi connectivity index (χ3n) is 1.48. The van der Waals surface area contributed by atoms with Crippen LogP contribution in [0.3, 0.4) is 0 Å². The summed E-state index contributed by atoms with van der Waals surface area (Å²) in [5.74, 6) is 5.45. The first-order chi connectivity index (χ1) is 6.67. The predicted octanol–water partition coefficient (Wildman–Crippen LogP) is 0.101. The molecule has 1 rings (SSSR count). The molecule has 0 aliphatic carbocycles. The molecule has 1 aromatic heterocycles. The Morgan fingerprint density at radius 2 is 2.43 bits per heavy atom. The summed E-state index contributed by atoms with van der Waals surface area (Å²) in [5, 5.41) is 6.01. The summed E-state index contributed by atoms with van der Waals surface area (Å²) in [7, 11) is -3.43. The van der Waals surface area contributed by atoms with Crippen molar-refractivity contribution in [3.05, 3.63) is 12.3 Å². The number of sulfonamides is 1. The minimum Gasteiger partial charge on any atom is -0.266 e. The van der Waals surface area contributed by atoms with E-state index in [2.05, 4.69) is 26.8 Å². The van der Waals surface area contributed by atoms with Crippen molar-refractivity contribution >= 4 is 10.0 Å². The lowest BCUT2D eigenvalue weighted by Gasteiger charge is -2.00. The van der Waals surface area contributed by atoms with Gasteiger partial charge >= 0.3 is 0 Å². The maximum atomic E-state index is 11.4. The number of H-pyrrole nitrogens is 1. The van der Waals surface area contributed by atoms with Crippen LogP contribution >= 0.6 is 0 Å². The molecule has 0 amide bonds. The van der Waals surface area contributed by atoms with Crippen molar-refractivity contribution < 1.29 is 8.42 Å². The molecule has 1 heterocycles. The van der Waals surface area contributed by atoms with Gasteiger partial charge in [-0.2, -0.15) is 5.10 Å². The molecule has 0 radical (unpaired) electrons. The van der Waals surface area contributed by atoms with Gasteiger partial charge in [-0.3, -0.25) is 5.10 Å². The Bertz CT molecular complexity index is 425. The second-order valence-corrected chi connectivity index (χ2v) is 4.23. The van der Waals surface area contributed by atoms with Crippen LogP contribution in [0, 0.1) is 11.8 Å². The second kappa shape index (κ2) is 4.79. The van der Waals surface area contributed by atoms with Crippen molar-refractivity contribution in [1.82, 2.24) is 14.9 Å². The summed E-state index contributed by atoms with van der Waals surface area (Å²) < 4.78 is 25.2. The molecule has 0 saturated carbocycles. The van der Waals surface area contributed by atoms with Crippen molar-refractivity contribution in [2.75, 3.05) is 6.54 Å². The Morgan fingerprint density at radius 1 is 1.64 bits per heavy atom. The van der Waals surface area contributed by atoms with Crippen molar-refractivity contribution in [2.45, 2.75) is 18.4 Å². The Labute approximate surface area is 83.0 Å². The number of hydrogen-bond acceptors (Lipinski definition) is 3. The topological polar surface area (TPSA) is 74.8 Å². The van der Waals surface area contributed by atoms with Crippen LogP contribution in [0.1, 0.15) is 13.3 Å². The fourth-order valence-corrected chi connectivity index (χ4v) is 1.78. The number of rotatable bonds is 4. The maximum absolute atomic E-state index is 11.4. The molecule has 6 heteroatoms. The van der Waals surface area contributed by atoms with Gasteiger partial charge in [-0.15, -0.1) is 11.8 Å². The zero-order chi connectivity index (χ0) is 10.4. The molecule has 0 fully saturated rings. The van der Waals surface area contributed by atoms with Gasteiger partial charge in [0.15, 0.2) is 5.03 Å². The number of aromatic amines is 1. The highest BCUT2D eigenvalue weighted by atomic mass is 32.2. The van der Waals surface area contributed by atoms with Gasteiger partial charge in [0.05, 0.1) is 6.20 Å². The zero-order valence-corrected chi connectivity index (χ0v) is 8.56. The molecular formula is C8H11N3O2S. The molecule has 5 nitrogen and oxygen atoms in total. The summed E-state index contributed by atoms with van der Waals surface area (Å²) in [6, 6.07) is 1.40. The van der Waals surface area contributed by atoms with E-state index in [9.17, 15) is 8.42 Å². The lowest BCUT2D eigenvalue weighted by atomic mass is 10.4. The SMILES string of the molecule is CC#CCCNS(=O)(=O)c1ccn[nH]1. The molecule has 0 bridgehead atoms. The minimum absolute atomic E-state index is 0.0713. The average molecular weight is 213 g/mol. The van der Waals surface area contributed by atoms with E-state index in [0.717, 1.165) is 0 Å². The van der Waals surface area contributed by atoms with Crippen LogP contribution in [0.4, 0.5) is 0 Å². The number of nitrogens with one attached hydrogen (secondary N) is 2. The van der Waals surface area contributed by atoms with Gasteiger partial charge < -0.3 is 0 Å². The molecule has 0 aromatic carbocycles. The number of nitrogens with zero attached hydrogens (tertiary/aromatic N) is 1. The van der Waals surface area contributed by atoms with Crippen LogP contribution < -0.4 is 4.72 Å². The van der Waals surface area contributed by atoms with Gasteiger partial charge in [0.25, 0.3) is 10.0 Å². The van der Waals surface area contributed by atoms with Crippen LogP contribution in [-0.4, -0.2) is 25.2 Å². The van der Waals surface area contributed by atoms with Crippen molar-refractivity contribution in [3.8, 4) is 11.8 Å². The summed E-state index contributed by atoms with van der Waals surface area (Å²) in [4.78, 5) is 0. The Kier molecular flexibility index (Phi) is 3.68. The predicted molar refractivity (Wildman–Crippen MR) is 51.8 cm³/mol. The second-order valence-electron chi connectivity index (χ2n) is 2.50. The van der Waals surface area contributed by atoms with E-state index in [1.807, 2.05) is 0 Å². The van der Waals surface area contributed by atoms with Crippen molar-refractivity contribution in [3.63, 3.8) is 0 Å². The van der Waals surface area contributed by atoms with E-state index in [1.54, 1.807) is 6.92 Å². The largest absolute Gasteiger partial charge is 0.266 e. The van der Waals surface area contributed by atoms with E-state index in [0.29, 0.717) is 13.0 Å². The van der Waals surface area contributed by atoms with Crippen LogP contribution in [0.15, 0.2) is 17.3 Å². The number of hydrogen-bond donors (Lipinski definition) is 2. The van der Waals surface area contributed by atoms with Crippen molar-refractivity contribution in [1.29, 1.82) is 0 Å². The van der Waals surface area contributed by atoms with Crippen LogP contribution in [-0.2, 0) is 10.0 Å². The molecule has 2 N–H and O–H groups in total. The first kappa shape index (κ1) is 10.8.